The number of nitrogens with one attached hydrogen (secondary N) is 1. The number of benzene rings is 1. The van der Waals surface area contributed by atoms with E-state index in [1.807, 2.05) is 38.1 Å². The van der Waals surface area contributed by atoms with Crippen molar-refractivity contribution < 1.29 is 9.90 Å². The van der Waals surface area contributed by atoms with E-state index in [0.29, 0.717) is 11.6 Å². The van der Waals surface area contributed by atoms with Crippen LogP contribution in [0.15, 0.2) is 24.3 Å². The zero-order chi connectivity index (χ0) is 14.3. The predicted octanol–water partition coefficient (Wildman–Crippen LogP) is 2.71. The van der Waals surface area contributed by atoms with Crippen molar-refractivity contribution in [3.8, 4) is 0 Å². The van der Waals surface area contributed by atoms with Crippen LogP contribution in [0.25, 0.3) is 0 Å². The highest BCUT2D eigenvalue weighted by Gasteiger charge is 2.14. The number of rotatable bonds is 7. The zero-order valence-electron chi connectivity index (χ0n) is 11.2. The van der Waals surface area contributed by atoms with E-state index in [1.165, 1.54) is 0 Å². The van der Waals surface area contributed by atoms with E-state index < -0.39 is 0 Å². The standard InChI is InChI=1S/C14H20ClNO2S/c1-10(8-17)9-19-11(2)14(18)16-7-12-5-3-4-6-13(12)15/h3-6,10-11,17H,7-9H2,1-2H3,(H,16,18). The predicted molar refractivity (Wildman–Crippen MR) is 81.5 cm³/mol. The summed E-state index contributed by atoms with van der Waals surface area (Å²) in [5.74, 6) is 0.982. The van der Waals surface area contributed by atoms with E-state index >= 15 is 0 Å². The summed E-state index contributed by atoms with van der Waals surface area (Å²) in [7, 11) is 0. The molecule has 0 spiro atoms. The van der Waals surface area contributed by atoms with Gasteiger partial charge in [0, 0.05) is 18.2 Å². The molecule has 1 aromatic carbocycles. The minimum Gasteiger partial charge on any atom is -0.396 e. The molecule has 0 fully saturated rings. The molecule has 0 aromatic heterocycles. The number of halogens is 1. The fourth-order valence-corrected chi connectivity index (χ4v) is 2.56. The molecule has 0 bridgehead atoms. The van der Waals surface area contributed by atoms with Gasteiger partial charge in [-0.15, -0.1) is 11.8 Å². The number of aliphatic hydroxyl groups is 1. The van der Waals surface area contributed by atoms with Gasteiger partial charge in [-0.05, 0) is 30.2 Å². The molecule has 1 rings (SSSR count). The Morgan fingerprint density at radius 2 is 2.11 bits per heavy atom. The second kappa shape index (κ2) is 8.46. The average Bonchev–Trinajstić information content (AvgIpc) is 2.43. The second-order valence-corrected chi connectivity index (χ2v) is 6.35. The third-order valence-corrected chi connectivity index (χ3v) is 4.57. The Bertz CT molecular complexity index is 414. The number of hydrogen-bond acceptors (Lipinski definition) is 3. The van der Waals surface area contributed by atoms with Crippen molar-refractivity contribution in [1.29, 1.82) is 0 Å². The molecule has 19 heavy (non-hydrogen) atoms. The molecule has 1 amide bonds. The van der Waals surface area contributed by atoms with Crippen molar-refractivity contribution in [1.82, 2.24) is 5.32 Å². The minimum atomic E-state index is -0.128. The smallest absolute Gasteiger partial charge is 0.233 e. The van der Waals surface area contributed by atoms with Gasteiger partial charge in [-0.1, -0.05) is 36.7 Å². The normalized spacial score (nSPS) is 13.9. The lowest BCUT2D eigenvalue weighted by molar-refractivity contribution is -0.120. The largest absolute Gasteiger partial charge is 0.396 e. The molecule has 0 aliphatic heterocycles. The Hall–Kier alpha value is -0.710. The first-order chi connectivity index (χ1) is 9.04. The summed E-state index contributed by atoms with van der Waals surface area (Å²) in [5, 5.41) is 12.4. The fraction of sp³-hybridized carbons (Fsp3) is 0.500. The van der Waals surface area contributed by atoms with Crippen LogP contribution in [0, 0.1) is 5.92 Å². The van der Waals surface area contributed by atoms with E-state index in [1.54, 1.807) is 11.8 Å². The monoisotopic (exact) mass is 301 g/mol. The van der Waals surface area contributed by atoms with E-state index in [4.69, 9.17) is 16.7 Å². The number of carbonyl (C=O) groups excluding carboxylic acids is 1. The molecule has 0 aliphatic carbocycles. The maximum absolute atomic E-state index is 11.9. The molecule has 0 radical (unpaired) electrons. The summed E-state index contributed by atoms with van der Waals surface area (Å²) < 4.78 is 0. The quantitative estimate of drug-likeness (QED) is 0.814. The third-order valence-electron chi connectivity index (χ3n) is 2.72. The molecule has 2 atom stereocenters. The van der Waals surface area contributed by atoms with Crippen molar-refractivity contribution in [2.24, 2.45) is 5.92 Å². The summed E-state index contributed by atoms with van der Waals surface area (Å²) in [6, 6.07) is 7.47. The van der Waals surface area contributed by atoms with Crippen LogP contribution in [-0.4, -0.2) is 28.6 Å². The van der Waals surface area contributed by atoms with Gasteiger partial charge in [0.1, 0.15) is 0 Å². The lowest BCUT2D eigenvalue weighted by Crippen LogP contribution is -2.31. The van der Waals surface area contributed by atoms with Crippen LogP contribution in [0.1, 0.15) is 19.4 Å². The fourth-order valence-electron chi connectivity index (χ4n) is 1.40. The summed E-state index contributed by atoms with van der Waals surface area (Å²) >= 11 is 7.58. The molecule has 2 unspecified atom stereocenters. The van der Waals surface area contributed by atoms with Crippen LogP contribution in [-0.2, 0) is 11.3 Å². The summed E-state index contributed by atoms with van der Waals surface area (Å²) in [6.07, 6.45) is 0. The van der Waals surface area contributed by atoms with Crippen molar-refractivity contribution in [2.75, 3.05) is 12.4 Å². The number of thioether (sulfide) groups is 1. The Morgan fingerprint density at radius 3 is 2.74 bits per heavy atom. The number of amides is 1. The zero-order valence-corrected chi connectivity index (χ0v) is 12.8. The first kappa shape index (κ1) is 16.3. The Kier molecular flexibility index (Phi) is 7.28. The molecule has 1 aromatic rings. The SMILES string of the molecule is CC(CO)CSC(C)C(=O)NCc1ccccc1Cl. The van der Waals surface area contributed by atoms with Gasteiger partial charge in [-0.2, -0.15) is 0 Å². The van der Waals surface area contributed by atoms with Gasteiger partial charge in [-0.25, -0.2) is 0 Å². The average molecular weight is 302 g/mol. The topological polar surface area (TPSA) is 49.3 Å². The molecule has 2 N–H and O–H groups in total. The Labute approximate surface area is 123 Å². The van der Waals surface area contributed by atoms with Crippen molar-refractivity contribution >= 4 is 29.3 Å². The summed E-state index contributed by atoms with van der Waals surface area (Å²) in [4.78, 5) is 11.9. The van der Waals surface area contributed by atoms with Gasteiger partial charge >= 0.3 is 0 Å². The van der Waals surface area contributed by atoms with Gasteiger partial charge in [0.2, 0.25) is 5.91 Å². The summed E-state index contributed by atoms with van der Waals surface area (Å²) in [5.41, 5.74) is 0.915. The highest BCUT2D eigenvalue weighted by Crippen LogP contribution is 2.17. The molecule has 0 aliphatic rings. The molecular weight excluding hydrogens is 282 g/mol. The lowest BCUT2D eigenvalue weighted by Gasteiger charge is -2.14. The number of aliphatic hydroxyl groups excluding tert-OH is 1. The van der Waals surface area contributed by atoms with Crippen LogP contribution < -0.4 is 5.32 Å². The second-order valence-electron chi connectivity index (χ2n) is 4.57. The maximum atomic E-state index is 11.9. The Balaban J connectivity index is 2.36. The van der Waals surface area contributed by atoms with Gasteiger partial charge in [0.05, 0.1) is 5.25 Å². The lowest BCUT2D eigenvalue weighted by atomic mass is 10.2. The van der Waals surface area contributed by atoms with Crippen molar-refractivity contribution in [3.05, 3.63) is 34.9 Å². The van der Waals surface area contributed by atoms with E-state index in [2.05, 4.69) is 5.32 Å². The first-order valence-corrected chi connectivity index (χ1v) is 7.70. The van der Waals surface area contributed by atoms with Crippen molar-refractivity contribution in [3.63, 3.8) is 0 Å². The van der Waals surface area contributed by atoms with Crippen LogP contribution in [0.4, 0.5) is 0 Å². The molecule has 3 nitrogen and oxygen atoms in total. The van der Waals surface area contributed by atoms with Crippen LogP contribution >= 0.6 is 23.4 Å². The highest BCUT2D eigenvalue weighted by atomic mass is 35.5. The van der Waals surface area contributed by atoms with Crippen molar-refractivity contribution in [2.45, 2.75) is 25.6 Å². The van der Waals surface area contributed by atoms with E-state index in [-0.39, 0.29) is 23.7 Å². The molecule has 0 heterocycles. The number of carbonyl (C=O) groups is 1. The minimum absolute atomic E-state index is 0.00457. The Morgan fingerprint density at radius 1 is 1.42 bits per heavy atom. The van der Waals surface area contributed by atoms with Crippen LogP contribution in [0.5, 0.6) is 0 Å². The van der Waals surface area contributed by atoms with Crippen LogP contribution in [0.2, 0.25) is 5.02 Å². The molecular formula is C14H20ClNO2S. The number of hydrogen-bond donors (Lipinski definition) is 2. The molecule has 0 saturated heterocycles. The van der Waals surface area contributed by atoms with Crippen LogP contribution in [0.3, 0.4) is 0 Å². The molecule has 5 heteroatoms. The maximum Gasteiger partial charge on any atom is 0.233 e. The van der Waals surface area contributed by atoms with Gasteiger partial charge < -0.3 is 10.4 Å². The molecule has 0 saturated carbocycles. The van der Waals surface area contributed by atoms with E-state index in [9.17, 15) is 4.79 Å². The summed E-state index contributed by atoms with van der Waals surface area (Å²) in [6.45, 7) is 4.43. The van der Waals surface area contributed by atoms with Gasteiger partial charge in [0.15, 0.2) is 0 Å². The van der Waals surface area contributed by atoms with E-state index in [0.717, 1.165) is 11.3 Å². The van der Waals surface area contributed by atoms with Gasteiger partial charge in [-0.3, -0.25) is 4.79 Å². The third kappa shape index (κ3) is 5.85. The first-order valence-electron chi connectivity index (χ1n) is 6.28. The van der Waals surface area contributed by atoms with Gasteiger partial charge in [0.25, 0.3) is 0 Å². The molecule has 106 valence electrons. The highest BCUT2D eigenvalue weighted by molar-refractivity contribution is 8.00.